The molecule has 0 heterocycles. The monoisotopic (exact) mass is 318 g/mol. The van der Waals surface area contributed by atoms with Gasteiger partial charge in [-0.15, -0.1) is 0 Å². The van der Waals surface area contributed by atoms with Gasteiger partial charge in [-0.05, 0) is 0 Å². The molecule has 0 aliphatic heterocycles. The van der Waals surface area contributed by atoms with Crippen molar-refractivity contribution >= 4 is 0 Å². The quantitative estimate of drug-likeness (QED) is 0.530. The van der Waals surface area contributed by atoms with Gasteiger partial charge < -0.3 is 24.8 Å². The van der Waals surface area contributed by atoms with Crippen LogP contribution in [0.15, 0.2) is 42.0 Å². The third-order valence-electron chi connectivity index (χ3n) is 2.74. The van der Waals surface area contributed by atoms with Crippen LogP contribution in [-0.4, -0.2) is 0 Å². The molecule has 0 fully saturated rings. The van der Waals surface area contributed by atoms with Crippen molar-refractivity contribution in [1.29, 1.82) is 0 Å². The van der Waals surface area contributed by atoms with E-state index in [2.05, 4.69) is 38.2 Å². The summed E-state index contributed by atoms with van der Waals surface area (Å²) in [6, 6.07) is 0. The molecule has 3 heteroatoms. The molecule has 0 aromatic heterocycles. The van der Waals surface area contributed by atoms with Crippen LogP contribution in [0.2, 0.25) is 0 Å². The van der Waals surface area contributed by atoms with Gasteiger partial charge in [0.15, 0.2) is 0 Å². The standard InChI is InChI=1S/C7H9.C5H5.2ClH.Zr/c1-6-4-3-5-7(6)2;1-2-4-5-3-1;;;/h4H,3H2,1-2H3;1-3H,4H2;2*1H;/q;;;;+2/p-2. The third-order valence-corrected chi connectivity index (χ3v) is 6.61. The predicted molar refractivity (Wildman–Crippen MR) is 52.9 cm³/mol. The Kier molecular flexibility index (Phi) is 7.08. The van der Waals surface area contributed by atoms with E-state index in [1.54, 1.807) is 12.1 Å². The molecule has 0 aromatic carbocycles. The van der Waals surface area contributed by atoms with Crippen molar-refractivity contribution in [2.24, 2.45) is 0 Å². The van der Waals surface area contributed by atoms with E-state index < -0.39 is 0 Å². The summed E-state index contributed by atoms with van der Waals surface area (Å²) < 4.78 is 3.53. The molecule has 0 saturated heterocycles. The SMILES string of the molecule is CC1=CC[C]([Zr+2][C]2=CC=CC2)=C1C.[Cl-].[Cl-]. The van der Waals surface area contributed by atoms with Crippen LogP contribution in [0, 0.1) is 0 Å². The van der Waals surface area contributed by atoms with Gasteiger partial charge in [0.2, 0.25) is 0 Å². The van der Waals surface area contributed by atoms with E-state index in [-0.39, 0.29) is 48.0 Å². The summed E-state index contributed by atoms with van der Waals surface area (Å²) >= 11 is -0.375. The van der Waals surface area contributed by atoms with Gasteiger partial charge in [0.05, 0.1) is 0 Å². The fourth-order valence-electron chi connectivity index (χ4n) is 1.68. The molecule has 2 rings (SSSR count). The Labute approximate surface area is 116 Å². The van der Waals surface area contributed by atoms with Crippen molar-refractivity contribution in [2.45, 2.75) is 26.7 Å². The van der Waals surface area contributed by atoms with Crippen LogP contribution < -0.4 is 24.8 Å². The summed E-state index contributed by atoms with van der Waals surface area (Å²) in [5, 5.41) is 0. The van der Waals surface area contributed by atoms with E-state index in [1.807, 2.05) is 0 Å². The van der Waals surface area contributed by atoms with Gasteiger partial charge in [-0.1, -0.05) is 0 Å². The van der Waals surface area contributed by atoms with Crippen molar-refractivity contribution in [3.8, 4) is 0 Å². The maximum atomic E-state index is 2.38. The summed E-state index contributed by atoms with van der Waals surface area (Å²) in [5.41, 5.74) is 3.11. The minimum Gasteiger partial charge on any atom is -1.00 e. The van der Waals surface area contributed by atoms with Crippen molar-refractivity contribution in [2.75, 3.05) is 0 Å². The first-order valence-electron chi connectivity index (χ1n) is 4.77. The van der Waals surface area contributed by atoms with Gasteiger partial charge in [-0.25, -0.2) is 0 Å². The van der Waals surface area contributed by atoms with E-state index in [1.165, 1.54) is 18.4 Å². The fourth-order valence-corrected chi connectivity index (χ4v) is 5.06. The molecule has 0 radical (unpaired) electrons. The molecule has 15 heavy (non-hydrogen) atoms. The zero-order valence-corrected chi connectivity index (χ0v) is 12.9. The minimum atomic E-state index is -0.375. The van der Waals surface area contributed by atoms with Gasteiger partial charge in [-0.2, -0.15) is 0 Å². The van der Waals surface area contributed by atoms with E-state index in [0.29, 0.717) is 0 Å². The second-order valence-electron chi connectivity index (χ2n) is 3.64. The van der Waals surface area contributed by atoms with Crippen LogP contribution in [-0.2, 0) is 23.2 Å². The Balaban J connectivity index is 0.000000980. The predicted octanol–water partition coefficient (Wildman–Crippen LogP) is -2.46. The Hall–Kier alpha value is 0.423. The molecular formula is C12H14Cl2Zr. The number of hydrogen-bond donors (Lipinski definition) is 0. The van der Waals surface area contributed by atoms with Crippen LogP contribution >= 0.6 is 0 Å². The van der Waals surface area contributed by atoms with Crippen LogP contribution in [0.25, 0.3) is 0 Å². The maximum Gasteiger partial charge on any atom is -1.00 e. The van der Waals surface area contributed by atoms with E-state index in [4.69, 9.17) is 0 Å². The van der Waals surface area contributed by atoms with Crippen LogP contribution in [0.1, 0.15) is 26.7 Å². The summed E-state index contributed by atoms with van der Waals surface area (Å²) in [6.07, 6.45) is 11.7. The zero-order valence-electron chi connectivity index (χ0n) is 8.98. The summed E-state index contributed by atoms with van der Waals surface area (Å²) in [5.74, 6) is 0. The van der Waals surface area contributed by atoms with Gasteiger partial charge in [-0.3, -0.25) is 0 Å². The minimum absolute atomic E-state index is 0. The summed E-state index contributed by atoms with van der Waals surface area (Å²) in [6.45, 7) is 4.53. The summed E-state index contributed by atoms with van der Waals surface area (Å²) in [7, 11) is 0. The number of hydrogen-bond acceptors (Lipinski definition) is 0. The Bertz CT molecular complexity index is 349. The van der Waals surface area contributed by atoms with Crippen LogP contribution in [0.3, 0.4) is 0 Å². The fraction of sp³-hybridized carbons (Fsp3) is 0.333. The molecule has 0 saturated carbocycles. The average Bonchev–Trinajstić information content (AvgIpc) is 2.71. The van der Waals surface area contributed by atoms with Gasteiger partial charge in [0, 0.05) is 0 Å². The molecule has 2 aliphatic rings. The first-order chi connectivity index (χ1) is 6.27. The normalized spacial score (nSPS) is 17.7. The van der Waals surface area contributed by atoms with Gasteiger partial charge in [0.25, 0.3) is 0 Å². The summed E-state index contributed by atoms with van der Waals surface area (Å²) in [4.78, 5) is 0. The average molecular weight is 320 g/mol. The second-order valence-corrected chi connectivity index (χ2v) is 7.32. The molecule has 0 N–H and O–H groups in total. The number of allylic oxidation sites excluding steroid dienone is 8. The van der Waals surface area contributed by atoms with Gasteiger partial charge >= 0.3 is 91.9 Å². The topological polar surface area (TPSA) is 0 Å². The Morgan fingerprint density at radius 2 is 1.87 bits per heavy atom. The van der Waals surface area contributed by atoms with E-state index in [9.17, 15) is 0 Å². The molecular weight excluding hydrogens is 306 g/mol. The molecule has 0 spiro atoms. The maximum absolute atomic E-state index is 2.38. The number of rotatable bonds is 2. The molecule has 0 unspecified atom stereocenters. The van der Waals surface area contributed by atoms with Crippen LogP contribution in [0.5, 0.6) is 0 Å². The third kappa shape index (κ3) is 3.73. The Morgan fingerprint density at radius 1 is 1.13 bits per heavy atom. The first kappa shape index (κ1) is 15.4. The van der Waals surface area contributed by atoms with Crippen molar-refractivity contribution in [3.63, 3.8) is 0 Å². The van der Waals surface area contributed by atoms with E-state index in [0.717, 1.165) is 0 Å². The van der Waals surface area contributed by atoms with Crippen LogP contribution in [0.4, 0.5) is 0 Å². The molecule has 0 amide bonds. The molecule has 0 aromatic rings. The molecule has 0 nitrogen and oxygen atoms in total. The molecule has 80 valence electrons. The van der Waals surface area contributed by atoms with Crippen molar-refractivity contribution in [1.82, 2.24) is 0 Å². The first-order valence-corrected chi connectivity index (χ1v) is 7.23. The Morgan fingerprint density at radius 3 is 2.33 bits per heavy atom. The zero-order chi connectivity index (χ0) is 9.26. The number of halogens is 2. The van der Waals surface area contributed by atoms with Gasteiger partial charge in [0.1, 0.15) is 0 Å². The van der Waals surface area contributed by atoms with Crippen molar-refractivity contribution in [3.05, 3.63) is 42.0 Å². The molecule has 0 bridgehead atoms. The smallest absolute Gasteiger partial charge is 1.00 e. The van der Waals surface area contributed by atoms with E-state index >= 15 is 0 Å². The molecule has 2 aliphatic carbocycles. The largest absolute Gasteiger partial charge is 1.00 e. The second kappa shape index (κ2) is 6.89. The molecule has 0 atom stereocenters. The van der Waals surface area contributed by atoms with Crippen molar-refractivity contribution < 1.29 is 48.0 Å².